The number of amides is 2. The average Bonchev–Trinajstić information content (AvgIpc) is 3.62. The second-order valence-electron chi connectivity index (χ2n) is 10.2. The second kappa shape index (κ2) is 12.0. The summed E-state index contributed by atoms with van der Waals surface area (Å²) in [6, 6.07) is 16.3. The number of carbonyl (C=O) groups is 3. The Morgan fingerprint density at radius 2 is 1.78 bits per heavy atom. The van der Waals surface area contributed by atoms with Crippen molar-refractivity contribution in [3.8, 4) is 5.75 Å². The topological polar surface area (TPSA) is 114 Å². The number of rotatable bonds is 8. The van der Waals surface area contributed by atoms with Crippen LogP contribution in [0.25, 0.3) is 11.0 Å². The summed E-state index contributed by atoms with van der Waals surface area (Å²) in [6.45, 7) is 3.19. The molecule has 41 heavy (non-hydrogen) atoms. The fourth-order valence-corrected chi connectivity index (χ4v) is 5.36. The third kappa shape index (κ3) is 6.20. The molecule has 9 nitrogen and oxygen atoms in total. The lowest BCUT2D eigenvalue weighted by Crippen LogP contribution is -2.33. The van der Waals surface area contributed by atoms with Crippen LogP contribution in [0.5, 0.6) is 5.75 Å². The molecule has 1 aliphatic heterocycles. The van der Waals surface area contributed by atoms with E-state index in [1.165, 1.54) is 7.11 Å². The fourth-order valence-electron chi connectivity index (χ4n) is 5.19. The summed E-state index contributed by atoms with van der Waals surface area (Å²) < 4.78 is 6.63. The number of likely N-dealkylation sites (tertiary alicyclic amines) is 1. The van der Waals surface area contributed by atoms with E-state index in [0.717, 1.165) is 37.1 Å². The number of fused-ring (bicyclic) bond motifs is 1. The molecule has 5 rings (SSSR count). The third-order valence-corrected chi connectivity index (χ3v) is 7.60. The summed E-state index contributed by atoms with van der Waals surface area (Å²) in [5, 5.41) is 13.3. The number of benzene rings is 3. The smallest absolute Gasteiger partial charge is 0.325 e. The molecular weight excluding hydrogens is 544 g/mol. The van der Waals surface area contributed by atoms with Crippen LogP contribution in [0.15, 0.2) is 60.7 Å². The van der Waals surface area contributed by atoms with Crippen LogP contribution >= 0.6 is 11.6 Å². The van der Waals surface area contributed by atoms with E-state index in [-0.39, 0.29) is 24.1 Å². The summed E-state index contributed by atoms with van der Waals surface area (Å²) in [4.78, 5) is 45.6. The molecule has 4 aromatic rings. The summed E-state index contributed by atoms with van der Waals surface area (Å²) in [7, 11) is 1.31. The Bertz CT molecular complexity index is 1610. The standard InChI is InChI=1S/C31H31ClN4O5/c1-19-15-21(7-11-24(19)31(40)35-13-3-4-14-35)30(39)34-26(16-20-5-9-23(37)10-6-20)29-33-25-12-8-22(32)17-27(25)36(29)18-28(38)41-2/h5-12,15,17,26,37H,3-4,13-14,16,18H2,1-2H3,(H,34,39). The lowest BCUT2D eigenvalue weighted by molar-refractivity contribution is -0.141. The fraction of sp³-hybridized carbons (Fsp3) is 0.290. The van der Waals surface area contributed by atoms with Crippen molar-refractivity contribution >= 4 is 40.4 Å². The number of nitrogens with zero attached hydrogens (tertiary/aromatic N) is 3. The first kappa shape index (κ1) is 28.2. The number of phenolic OH excluding ortho intramolecular Hbond substituents is 1. The van der Waals surface area contributed by atoms with Crippen molar-refractivity contribution in [3.05, 3.63) is 93.8 Å². The molecule has 0 spiro atoms. The molecule has 0 bridgehead atoms. The van der Waals surface area contributed by atoms with Gasteiger partial charge in [-0.3, -0.25) is 14.4 Å². The minimum atomic E-state index is -0.658. The maximum Gasteiger partial charge on any atom is 0.325 e. The molecule has 0 aliphatic carbocycles. The molecule has 1 atom stereocenters. The van der Waals surface area contributed by atoms with E-state index in [4.69, 9.17) is 21.3 Å². The molecule has 0 saturated carbocycles. The number of imidazole rings is 1. The maximum absolute atomic E-state index is 13.6. The normalized spacial score (nSPS) is 13.8. The minimum Gasteiger partial charge on any atom is -0.508 e. The summed E-state index contributed by atoms with van der Waals surface area (Å²) >= 11 is 6.27. The van der Waals surface area contributed by atoms with Crippen LogP contribution in [0.3, 0.4) is 0 Å². The van der Waals surface area contributed by atoms with Crippen LogP contribution in [-0.2, 0) is 22.5 Å². The Morgan fingerprint density at radius 1 is 1.05 bits per heavy atom. The minimum absolute atomic E-state index is 0.0210. The highest BCUT2D eigenvalue weighted by Gasteiger charge is 2.26. The predicted molar refractivity (Wildman–Crippen MR) is 155 cm³/mol. The first-order chi connectivity index (χ1) is 19.7. The number of phenols is 1. The van der Waals surface area contributed by atoms with Crippen LogP contribution in [0.4, 0.5) is 0 Å². The van der Waals surface area contributed by atoms with Crippen molar-refractivity contribution in [2.75, 3.05) is 20.2 Å². The SMILES string of the molecule is COC(=O)Cn1c(C(Cc2ccc(O)cc2)NC(=O)c2ccc(C(=O)N3CCCC3)c(C)c2)nc2ccc(Cl)cc21. The maximum atomic E-state index is 13.6. The van der Waals surface area contributed by atoms with Gasteiger partial charge in [-0.25, -0.2) is 4.98 Å². The van der Waals surface area contributed by atoms with Gasteiger partial charge < -0.3 is 24.6 Å². The van der Waals surface area contributed by atoms with Crippen molar-refractivity contribution in [1.29, 1.82) is 0 Å². The number of carbonyl (C=O) groups excluding carboxylic acids is 3. The Hall–Kier alpha value is -4.37. The van der Waals surface area contributed by atoms with Gasteiger partial charge in [-0.1, -0.05) is 23.7 Å². The van der Waals surface area contributed by atoms with Gasteiger partial charge >= 0.3 is 5.97 Å². The molecule has 2 heterocycles. The Balaban J connectivity index is 1.50. The van der Waals surface area contributed by atoms with E-state index in [0.29, 0.717) is 39.4 Å². The summed E-state index contributed by atoms with van der Waals surface area (Å²) in [5.41, 5.74) is 3.78. The number of ether oxygens (including phenoxy) is 1. The molecule has 1 unspecified atom stereocenters. The van der Waals surface area contributed by atoms with Crippen LogP contribution in [0.1, 0.15) is 56.6 Å². The van der Waals surface area contributed by atoms with E-state index >= 15 is 0 Å². The zero-order valence-corrected chi connectivity index (χ0v) is 23.6. The largest absolute Gasteiger partial charge is 0.508 e. The van der Waals surface area contributed by atoms with Crippen LogP contribution in [0, 0.1) is 6.92 Å². The monoisotopic (exact) mass is 574 g/mol. The highest BCUT2D eigenvalue weighted by atomic mass is 35.5. The first-order valence-electron chi connectivity index (χ1n) is 13.4. The van der Waals surface area contributed by atoms with Gasteiger partial charge in [0.1, 0.15) is 18.1 Å². The second-order valence-corrected chi connectivity index (χ2v) is 10.6. The van der Waals surface area contributed by atoms with E-state index in [2.05, 4.69) is 5.32 Å². The lowest BCUT2D eigenvalue weighted by atomic mass is 10.0. The van der Waals surface area contributed by atoms with Gasteiger partial charge in [0.2, 0.25) is 0 Å². The van der Waals surface area contributed by atoms with Crippen molar-refractivity contribution in [2.45, 2.75) is 38.8 Å². The zero-order chi connectivity index (χ0) is 29.1. The van der Waals surface area contributed by atoms with Crippen molar-refractivity contribution < 1.29 is 24.2 Å². The number of nitrogens with one attached hydrogen (secondary N) is 1. The molecule has 1 aromatic heterocycles. The number of hydrogen-bond donors (Lipinski definition) is 2. The van der Waals surface area contributed by atoms with Gasteiger partial charge in [0, 0.05) is 29.2 Å². The Morgan fingerprint density at radius 3 is 2.46 bits per heavy atom. The highest BCUT2D eigenvalue weighted by Crippen LogP contribution is 2.27. The number of esters is 1. The van der Waals surface area contributed by atoms with Gasteiger partial charge in [-0.05, 0) is 85.8 Å². The average molecular weight is 575 g/mol. The van der Waals surface area contributed by atoms with Gasteiger partial charge in [0.05, 0.1) is 24.2 Å². The molecule has 3 aromatic carbocycles. The number of aromatic hydroxyl groups is 1. The van der Waals surface area contributed by atoms with Crippen molar-refractivity contribution in [3.63, 3.8) is 0 Å². The molecule has 0 radical (unpaired) electrons. The number of methoxy groups -OCH3 is 1. The Labute approximate surface area is 242 Å². The first-order valence-corrected chi connectivity index (χ1v) is 13.8. The van der Waals surface area contributed by atoms with Crippen LogP contribution < -0.4 is 5.32 Å². The van der Waals surface area contributed by atoms with Crippen molar-refractivity contribution in [2.24, 2.45) is 0 Å². The summed E-state index contributed by atoms with van der Waals surface area (Å²) in [5.74, 6) is -0.277. The lowest BCUT2D eigenvalue weighted by Gasteiger charge is -2.21. The van der Waals surface area contributed by atoms with E-state index < -0.39 is 12.0 Å². The zero-order valence-electron chi connectivity index (χ0n) is 22.9. The molecule has 2 N–H and O–H groups in total. The van der Waals surface area contributed by atoms with Gasteiger partial charge in [-0.15, -0.1) is 0 Å². The number of hydrogen-bond acceptors (Lipinski definition) is 6. The molecule has 1 fully saturated rings. The molecule has 2 amide bonds. The quantitative estimate of drug-likeness (QED) is 0.292. The number of aromatic nitrogens is 2. The van der Waals surface area contributed by atoms with Crippen molar-refractivity contribution in [1.82, 2.24) is 19.8 Å². The molecule has 212 valence electrons. The predicted octanol–water partition coefficient (Wildman–Crippen LogP) is 4.83. The molecule has 1 saturated heterocycles. The van der Waals surface area contributed by atoms with Gasteiger partial charge in [0.15, 0.2) is 0 Å². The third-order valence-electron chi connectivity index (χ3n) is 7.36. The molecule has 1 aliphatic rings. The van der Waals surface area contributed by atoms with Gasteiger partial charge in [0.25, 0.3) is 11.8 Å². The number of halogens is 1. The summed E-state index contributed by atoms with van der Waals surface area (Å²) in [6.07, 6.45) is 2.33. The molecular formula is C31H31ClN4O5. The van der Waals surface area contributed by atoms with E-state index in [1.54, 1.807) is 65.2 Å². The number of aryl methyl sites for hydroxylation is 1. The van der Waals surface area contributed by atoms with Crippen LogP contribution in [-0.4, -0.2) is 57.5 Å². The highest BCUT2D eigenvalue weighted by molar-refractivity contribution is 6.31. The van der Waals surface area contributed by atoms with E-state index in [1.807, 2.05) is 11.8 Å². The Kier molecular flexibility index (Phi) is 8.26. The van der Waals surface area contributed by atoms with Gasteiger partial charge in [-0.2, -0.15) is 0 Å². The van der Waals surface area contributed by atoms with E-state index in [9.17, 15) is 19.5 Å². The molecule has 10 heteroatoms. The van der Waals surface area contributed by atoms with Crippen LogP contribution in [0.2, 0.25) is 5.02 Å².